The maximum atomic E-state index is 6.16. The smallest absolute Gasteiger partial charge is 0.0835 e. The highest BCUT2D eigenvalue weighted by atomic mass is 35.5. The minimum Gasteiger partial charge on any atom is -0.220 e. The predicted molar refractivity (Wildman–Crippen MR) is 85.2 cm³/mol. The van der Waals surface area contributed by atoms with E-state index in [1.807, 2.05) is 48.7 Å². The molecule has 1 heterocycles. The second-order valence-corrected chi connectivity index (χ2v) is 5.57. The lowest BCUT2D eigenvalue weighted by atomic mass is 10.1. The molecule has 0 aliphatic carbocycles. The Morgan fingerprint density at radius 2 is 1.76 bits per heavy atom. The summed E-state index contributed by atoms with van der Waals surface area (Å²) in [6.45, 7) is 0. The van der Waals surface area contributed by atoms with Crippen LogP contribution in [0.3, 0.4) is 0 Å². The number of aryl methyl sites for hydroxylation is 2. The van der Waals surface area contributed by atoms with Crippen LogP contribution in [-0.4, -0.2) is 15.0 Å². The lowest BCUT2D eigenvalue weighted by Gasteiger charge is -2.03. The van der Waals surface area contributed by atoms with E-state index < -0.39 is 0 Å². The molecular weight excluding hydrogens is 305 g/mol. The van der Waals surface area contributed by atoms with Gasteiger partial charge >= 0.3 is 0 Å². The fourth-order valence-electron chi connectivity index (χ4n) is 2.12. The van der Waals surface area contributed by atoms with Crippen molar-refractivity contribution in [3.63, 3.8) is 0 Å². The Morgan fingerprint density at radius 3 is 2.57 bits per heavy atom. The van der Waals surface area contributed by atoms with E-state index in [1.54, 1.807) is 10.7 Å². The van der Waals surface area contributed by atoms with Gasteiger partial charge in [0.15, 0.2) is 0 Å². The molecule has 0 aliphatic rings. The molecule has 0 spiro atoms. The number of benzene rings is 2. The second kappa shape index (κ2) is 6.29. The minimum absolute atomic E-state index is 0.697. The first-order chi connectivity index (χ1) is 10.2. The van der Waals surface area contributed by atoms with Crippen LogP contribution in [0.4, 0.5) is 0 Å². The maximum absolute atomic E-state index is 6.16. The van der Waals surface area contributed by atoms with Gasteiger partial charge in [0.1, 0.15) is 0 Å². The third-order valence-electron chi connectivity index (χ3n) is 3.22. The molecule has 3 rings (SSSR count). The van der Waals surface area contributed by atoms with E-state index in [0.29, 0.717) is 5.02 Å². The summed E-state index contributed by atoms with van der Waals surface area (Å²) < 4.78 is 1.77. The zero-order valence-corrected chi connectivity index (χ0v) is 12.7. The molecular formula is C16H13Cl2N3. The summed E-state index contributed by atoms with van der Waals surface area (Å²) in [5, 5.41) is 9.77. The van der Waals surface area contributed by atoms with Gasteiger partial charge in [0, 0.05) is 10.0 Å². The topological polar surface area (TPSA) is 30.7 Å². The number of halogens is 2. The van der Waals surface area contributed by atoms with Gasteiger partial charge in [-0.25, -0.2) is 4.68 Å². The first-order valence-corrected chi connectivity index (χ1v) is 7.38. The zero-order chi connectivity index (χ0) is 14.7. The Labute approximate surface area is 133 Å². The molecule has 106 valence electrons. The van der Waals surface area contributed by atoms with Gasteiger partial charge in [0.2, 0.25) is 0 Å². The van der Waals surface area contributed by atoms with Crippen molar-refractivity contribution in [2.75, 3.05) is 0 Å². The van der Waals surface area contributed by atoms with Crippen molar-refractivity contribution in [2.24, 2.45) is 0 Å². The number of aromatic nitrogens is 3. The van der Waals surface area contributed by atoms with Crippen molar-refractivity contribution in [1.29, 1.82) is 0 Å². The summed E-state index contributed by atoms with van der Waals surface area (Å²) in [4.78, 5) is 0. The van der Waals surface area contributed by atoms with Gasteiger partial charge in [-0.15, -0.1) is 5.10 Å². The molecule has 3 nitrogen and oxygen atoms in total. The van der Waals surface area contributed by atoms with Gasteiger partial charge < -0.3 is 0 Å². The van der Waals surface area contributed by atoms with Gasteiger partial charge in [-0.1, -0.05) is 46.6 Å². The molecule has 0 atom stereocenters. The number of rotatable bonds is 4. The number of nitrogens with zero attached hydrogens (tertiary/aromatic N) is 3. The Balaban J connectivity index is 1.72. The first kappa shape index (κ1) is 14.1. The molecule has 21 heavy (non-hydrogen) atoms. The number of hydrogen-bond acceptors (Lipinski definition) is 2. The lowest BCUT2D eigenvalue weighted by Crippen LogP contribution is -1.93. The standard InChI is InChI=1S/C16H13Cl2N3/c17-13-7-9-16(18)12(10-13)6-8-14-11-21(20-19-14)15-4-2-1-3-5-15/h1-5,7,9-11H,6,8H2. The molecule has 0 radical (unpaired) electrons. The molecule has 0 aliphatic heterocycles. The molecule has 0 fully saturated rings. The van der Waals surface area contributed by atoms with Gasteiger partial charge in [-0.3, -0.25) is 0 Å². The Bertz CT molecular complexity index is 738. The predicted octanol–water partition coefficient (Wildman–Crippen LogP) is 4.36. The van der Waals surface area contributed by atoms with Crippen molar-refractivity contribution >= 4 is 23.2 Å². The van der Waals surface area contributed by atoms with E-state index in [4.69, 9.17) is 23.2 Å². The maximum Gasteiger partial charge on any atom is 0.0835 e. The third-order valence-corrected chi connectivity index (χ3v) is 3.82. The van der Waals surface area contributed by atoms with Crippen LogP contribution in [-0.2, 0) is 12.8 Å². The zero-order valence-electron chi connectivity index (χ0n) is 11.2. The van der Waals surface area contributed by atoms with Crippen LogP contribution in [0.15, 0.2) is 54.7 Å². The molecule has 0 amide bonds. The SMILES string of the molecule is Clc1ccc(Cl)c(CCc2cn(-c3ccccc3)nn2)c1. The highest BCUT2D eigenvalue weighted by Gasteiger charge is 2.06. The van der Waals surface area contributed by atoms with E-state index in [0.717, 1.165) is 34.8 Å². The Morgan fingerprint density at radius 1 is 0.952 bits per heavy atom. The van der Waals surface area contributed by atoms with Crippen molar-refractivity contribution < 1.29 is 0 Å². The normalized spacial score (nSPS) is 10.8. The first-order valence-electron chi connectivity index (χ1n) is 6.63. The molecule has 0 unspecified atom stereocenters. The van der Waals surface area contributed by atoms with Crippen molar-refractivity contribution in [1.82, 2.24) is 15.0 Å². The fraction of sp³-hybridized carbons (Fsp3) is 0.125. The number of para-hydroxylation sites is 1. The molecule has 2 aromatic carbocycles. The van der Waals surface area contributed by atoms with Gasteiger partial charge in [0.05, 0.1) is 17.6 Å². The van der Waals surface area contributed by atoms with Crippen LogP contribution in [0, 0.1) is 0 Å². The summed E-state index contributed by atoms with van der Waals surface area (Å²) >= 11 is 12.2. The number of hydrogen-bond donors (Lipinski definition) is 0. The molecule has 0 saturated carbocycles. The van der Waals surface area contributed by atoms with E-state index in [1.165, 1.54) is 0 Å². The molecule has 0 bridgehead atoms. The van der Waals surface area contributed by atoms with E-state index in [9.17, 15) is 0 Å². The molecule has 1 aromatic heterocycles. The summed E-state index contributed by atoms with van der Waals surface area (Å²) in [5.74, 6) is 0. The largest absolute Gasteiger partial charge is 0.220 e. The van der Waals surface area contributed by atoms with Crippen LogP contribution in [0.5, 0.6) is 0 Å². The average Bonchev–Trinajstić information content (AvgIpc) is 2.98. The molecule has 0 saturated heterocycles. The van der Waals surface area contributed by atoms with Crippen LogP contribution in [0.25, 0.3) is 5.69 Å². The van der Waals surface area contributed by atoms with Gasteiger partial charge in [-0.2, -0.15) is 0 Å². The molecule has 5 heteroatoms. The summed E-state index contributed by atoms with van der Waals surface area (Å²) in [6.07, 6.45) is 3.49. The van der Waals surface area contributed by atoms with Crippen molar-refractivity contribution in [3.8, 4) is 5.69 Å². The highest BCUT2D eigenvalue weighted by Crippen LogP contribution is 2.22. The van der Waals surface area contributed by atoms with Crippen molar-refractivity contribution in [2.45, 2.75) is 12.8 Å². The quantitative estimate of drug-likeness (QED) is 0.715. The molecule has 3 aromatic rings. The fourth-order valence-corrected chi connectivity index (χ4v) is 2.52. The molecule has 0 N–H and O–H groups in total. The third kappa shape index (κ3) is 3.43. The Hall–Kier alpha value is -1.84. The second-order valence-electron chi connectivity index (χ2n) is 4.73. The van der Waals surface area contributed by atoms with Gasteiger partial charge in [-0.05, 0) is 48.7 Å². The minimum atomic E-state index is 0.697. The van der Waals surface area contributed by atoms with E-state index in [-0.39, 0.29) is 0 Å². The van der Waals surface area contributed by atoms with E-state index in [2.05, 4.69) is 10.3 Å². The van der Waals surface area contributed by atoms with Crippen LogP contribution < -0.4 is 0 Å². The van der Waals surface area contributed by atoms with Crippen LogP contribution in [0.2, 0.25) is 10.0 Å². The summed E-state index contributed by atoms with van der Waals surface area (Å²) in [6, 6.07) is 15.4. The lowest BCUT2D eigenvalue weighted by molar-refractivity contribution is 0.794. The van der Waals surface area contributed by atoms with Crippen LogP contribution >= 0.6 is 23.2 Å². The summed E-state index contributed by atoms with van der Waals surface area (Å²) in [5.41, 5.74) is 2.95. The Kier molecular flexibility index (Phi) is 4.23. The van der Waals surface area contributed by atoms with Gasteiger partial charge in [0.25, 0.3) is 0 Å². The average molecular weight is 318 g/mol. The van der Waals surface area contributed by atoms with Crippen LogP contribution in [0.1, 0.15) is 11.3 Å². The monoisotopic (exact) mass is 317 g/mol. The summed E-state index contributed by atoms with van der Waals surface area (Å²) in [7, 11) is 0. The van der Waals surface area contributed by atoms with Crippen molar-refractivity contribution in [3.05, 3.63) is 76.0 Å². The van der Waals surface area contributed by atoms with E-state index >= 15 is 0 Å². The highest BCUT2D eigenvalue weighted by molar-refractivity contribution is 6.33.